The van der Waals surface area contributed by atoms with Gasteiger partial charge in [-0.3, -0.25) is 4.98 Å². The van der Waals surface area contributed by atoms with Gasteiger partial charge in [-0.05, 0) is 26.8 Å². The Hall–Kier alpha value is -1.56. The predicted octanol–water partition coefficient (Wildman–Crippen LogP) is 2.19. The Balaban J connectivity index is 3.10. The van der Waals surface area contributed by atoms with Crippen LogP contribution in [0.5, 0.6) is 0 Å². The predicted molar refractivity (Wildman–Crippen MR) is 57.1 cm³/mol. The maximum Gasteiger partial charge on any atom is 0.101 e. The van der Waals surface area contributed by atoms with Crippen molar-refractivity contribution < 1.29 is 0 Å². The summed E-state index contributed by atoms with van der Waals surface area (Å²) >= 11 is 0. The van der Waals surface area contributed by atoms with Crippen LogP contribution in [0.25, 0.3) is 0 Å². The largest absolute Gasteiger partial charge is 0.367 e. The van der Waals surface area contributed by atoms with Gasteiger partial charge in [0.05, 0.1) is 17.4 Å². The van der Waals surface area contributed by atoms with Crippen molar-refractivity contribution in [1.82, 2.24) is 4.98 Å². The highest BCUT2D eigenvalue weighted by Gasteiger charge is 2.12. The number of nitrogens with zero attached hydrogens (tertiary/aromatic N) is 3. The van der Waals surface area contributed by atoms with Crippen LogP contribution in [0.3, 0.4) is 0 Å². The van der Waals surface area contributed by atoms with E-state index in [0.717, 1.165) is 12.2 Å². The molecule has 0 saturated carbocycles. The monoisotopic (exact) mass is 189 g/mol. The average Bonchev–Trinajstić information content (AvgIpc) is 2.19. The van der Waals surface area contributed by atoms with Crippen LogP contribution in [0.1, 0.15) is 26.3 Å². The van der Waals surface area contributed by atoms with Gasteiger partial charge in [0.1, 0.15) is 6.07 Å². The molecule has 14 heavy (non-hydrogen) atoms. The summed E-state index contributed by atoms with van der Waals surface area (Å²) in [6.07, 6.45) is 3.40. The molecule has 1 heterocycles. The number of hydrogen-bond donors (Lipinski definition) is 0. The summed E-state index contributed by atoms with van der Waals surface area (Å²) in [5.41, 5.74) is 1.61. The number of anilines is 1. The standard InChI is InChI=1S/C11H15N3/c1-4-14(9(2)3)11-8-13-6-5-10(11)7-12/h5-6,8-9H,4H2,1-3H3. The smallest absolute Gasteiger partial charge is 0.101 e. The fraction of sp³-hybridized carbons (Fsp3) is 0.455. The molecule has 1 aromatic heterocycles. The molecule has 3 nitrogen and oxygen atoms in total. The molecule has 74 valence electrons. The van der Waals surface area contributed by atoms with Gasteiger partial charge in [0.25, 0.3) is 0 Å². The molecular formula is C11H15N3. The lowest BCUT2D eigenvalue weighted by molar-refractivity contribution is 0.701. The Kier molecular flexibility index (Phi) is 3.47. The van der Waals surface area contributed by atoms with Crippen LogP contribution in [-0.4, -0.2) is 17.6 Å². The van der Waals surface area contributed by atoms with E-state index in [1.165, 1.54) is 0 Å². The Morgan fingerprint density at radius 2 is 2.29 bits per heavy atom. The zero-order valence-electron chi connectivity index (χ0n) is 8.86. The van der Waals surface area contributed by atoms with Gasteiger partial charge in [-0.15, -0.1) is 0 Å². The minimum absolute atomic E-state index is 0.385. The van der Waals surface area contributed by atoms with Crippen molar-refractivity contribution >= 4 is 5.69 Å². The van der Waals surface area contributed by atoms with Crippen LogP contribution >= 0.6 is 0 Å². The van der Waals surface area contributed by atoms with E-state index in [0.29, 0.717) is 11.6 Å². The highest BCUT2D eigenvalue weighted by atomic mass is 15.2. The summed E-state index contributed by atoms with van der Waals surface area (Å²) < 4.78 is 0. The summed E-state index contributed by atoms with van der Waals surface area (Å²) in [7, 11) is 0. The van der Waals surface area contributed by atoms with Gasteiger partial charge in [0.2, 0.25) is 0 Å². The van der Waals surface area contributed by atoms with Crippen LogP contribution in [0.15, 0.2) is 18.5 Å². The molecule has 1 rings (SSSR count). The number of aromatic nitrogens is 1. The number of nitriles is 1. The number of pyridine rings is 1. The first-order valence-corrected chi connectivity index (χ1v) is 4.81. The lowest BCUT2D eigenvalue weighted by Crippen LogP contribution is -2.31. The van der Waals surface area contributed by atoms with Gasteiger partial charge >= 0.3 is 0 Å². The molecule has 0 amide bonds. The van der Waals surface area contributed by atoms with Gasteiger partial charge in [-0.2, -0.15) is 5.26 Å². The molecule has 0 fully saturated rings. The van der Waals surface area contributed by atoms with Gasteiger partial charge < -0.3 is 4.90 Å². The topological polar surface area (TPSA) is 39.9 Å². The Morgan fingerprint density at radius 3 is 2.79 bits per heavy atom. The quantitative estimate of drug-likeness (QED) is 0.731. The third-order valence-corrected chi connectivity index (χ3v) is 2.19. The molecular weight excluding hydrogens is 174 g/mol. The van der Waals surface area contributed by atoms with E-state index in [4.69, 9.17) is 5.26 Å². The first-order chi connectivity index (χ1) is 6.70. The molecule has 0 radical (unpaired) electrons. The molecule has 0 aliphatic carbocycles. The Labute approximate surface area is 85.0 Å². The molecule has 1 aromatic rings. The Bertz CT molecular complexity index is 339. The number of hydrogen-bond acceptors (Lipinski definition) is 3. The summed E-state index contributed by atoms with van der Waals surface area (Å²) in [4.78, 5) is 6.21. The molecule has 3 heteroatoms. The van der Waals surface area contributed by atoms with Crippen LogP contribution in [0.2, 0.25) is 0 Å². The van der Waals surface area contributed by atoms with E-state index in [9.17, 15) is 0 Å². The fourth-order valence-electron chi connectivity index (χ4n) is 1.52. The molecule has 0 N–H and O–H groups in total. The molecule has 0 aliphatic heterocycles. The van der Waals surface area contributed by atoms with Crippen LogP contribution in [0, 0.1) is 11.3 Å². The van der Waals surface area contributed by atoms with Crippen molar-refractivity contribution in [2.24, 2.45) is 0 Å². The first-order valence-electron chi connectivity index (χ1n) is 4.81. The highest BCUT2D eigenvalue weighted by molar-refractivity contribution is 5.57. The van der Waals surface area contributed by atoms with E-state index in [1.54, 1.807) is 18.5 Å². The second kappa shape index (κ2) is 4.61. The summed E-state index contributed by atoms with van der Waals surface area (Å²) in [5, 5.41) is 8.94. The van der Waals surface area contributed by atoms with Crippen LogP contribution in [-0.2, 0) is 0 Å². The zero-order chi connectivity index (χ0) is 10.6. The van der Waals surface area contributed by atoms with Crippen molar-refractivity contribution in [1.29, 1.82) is 5.26 Å². The maximum absolute atomic E-state index is 8.94. The molecule has 0 spiro atoms. The second-order valence-corrected chi connectivity index (χ2v) is 3.38. The molecule has 0 unspecified atom stereocenters. The zero-order valence-corrected chi connectivity index (χ0v) is 8.86. The first kappa shape index (κ1) is 10.5. The van der Waals surface area contributed by atoms with Gasteiger partial charge in [0, 0.05) is 18.8 Å². The second-order valence-electron chi connectivity index (χ2n) is 3.38. The molecule has 0 aromatic carbocycles. The van der Waals surface area contributed by atoms with Gasteiger partial charge in [-0.25, -0.2) is 0 Å². The van der Waals surface area contributed by atoms with E-state index in [2.05, 4.69) is 36.7 Å². The van der Waals surface area contributed by atoms with Crippen molar-refractivity contribution in [3.05, 3.63) is 24.0 Å². The van der Waals surface area contributed by atoms with Gasteiger partial charge in [-0.1, -0.05) is 0 Å². The molecule has 0 bridgehead atoms. The summed E-state index contributed by atoms with van der Waals surface area (Å²) in [6, 6.07) is 4.32. The van der Waals surface area contributed by atoms with Crippen LogP contribution < -0.4 is 4.90 Å². The van der Waals surface area contributed by atoms with E-state index >= 15 is 0 Å². The van der Waals surface area contributed by atoms with Gasteiger partial charge in [0.15, 0.2) is 0 Å². The molecule has 0 aliphatic rings. The molecule has 0 atom stereocenters. The normalized spacial score (nSPS) is 9.93. The average molecular weight is 189 g/mol. The summed E-state index contributed by atoms with van der Waals surface area (Å²) in [6.45, 7) is 7.18. The fourth-order valence-corrected chi connectivity index (χ4v) is 1.52. The minimum atomic E-state index is 0.385. The lowest BCUT2D eigenvalue weighted by Gasteiger charge is -2.27. The van der Waals surface area contributed by atoms with E-state index < -0.39 is 0 Å². The third kappa shape index (κ3) is 2.02. The van der Waals surface area contributed by atoms with Crippen LogP contribution in [0.4, 0.5) is 5.69 Å². The van der Waals surface area contributed by atoms with Crippen molar-refractivity contribution in [3.8, 4) is 6.07 Å². The summed E-state index contributed by atoms with van der Waals surface area (Å²) in [5.74, 6) is 0. The van der Waals surface area contributed by atoms with Crippen molar-refractivity contribution in [2.75, 3.05) is 11.4 Å². The van der Waals surface area contributed by atoms with E-state index in [-0.39, 0.29) is 0 Å². The Morgan fingerprint density at radius 1 is 1.57 bits per heavy atom. The number of rotatable bonds is 3. The van der Waals surface area contributed by atoms with Crippen molar-refractivity contribution in [3.63, 3.8) is 0 Å². The third-order valence-electron chi connectivity index (χ3n) is 2.19. The maximum atomic E-state index is 8.94. The molecule has 0 saturated heterocycles. The SMILES string of the molecule is CCN(c1cnccc1C#N)C(C)C. The van der Waals surface area contributed by atoms with Crippen molar-refractivity contribution in [2.45, 2.75) is 26.8 Å². The minimum Gasteiger partial charge on any atom is -0.367 e. The highest BCUT2D eigenvalue weighted by Crippen LogP contribution is 2.19. The van der Waals surface area contributed by atoms with E-state index in [1.807, 2.05) is 0 Å². The lowest BCUT2D eigenvalue weighted by atomic mass is 10.2.